The molecule has 1 aliphatic rings. The molecule has 0 fully saturated rings. The molecule has 0 radical (unpaired) electrons. The average Bonchev–Trinajstić information content (AvgIpc) is 2.56. The van der Waals surface area contributed by atoms with Gasteiger partial charge in [-0.3, -0.25) is 9.98 Å². The van der Waals surface area contributed by atoms with Crippen LogP contribution in [-0.2, 0) is 6.54 Å². The van der Waals surface area contributed by atoms with Crippen LogP contribution in [0.2, 0.25) is 0 Å². The minimum atomic E-state index is -1.37. The lowest BCUT2D eigenvalue weighted by Gasteiger charge is -2.20. The molecule has 0 saturated carbocycles. The summed E-state index contributed by atoms with van der Waals surface area (Å²) in [6.45, 7) is 7.48. The zero-order chi connectivity index (χ0) is 19.2. The first kappa shape index (κ1) is 20.1. The van der Waals surface area contributed by atoms with Gasteiger partial charge < -0.3 is 15.8 Å². The van der Waals surface area contributed by atoms with Crippen molar-refractivity contribution in [2.24, 2.45) is 10.7 Å². The number of alkyl halides is 1. The molecule has 0 aliphatic carbocycles. The lowest BCUT2D eigenvalue weighted by atomic mass is 10.0. The maximum Gasteiger partial charge on any atom is 0.140 e. The van der Waals surface area contributed by atoms with Gasteiger partial charge in [-0.1, -0.05) is 13.3 Å². The Kier molecular flexibility index (Phi) is 6.91. The first-order valence-corrected chi connectivity index (χ1v) is 8.99. The summed E-state index contributed by atoms with van der Waals surface area (Å²) in [4.78, 5) is 8.86. The number of pyridine rings is 1. The van der Waals surface area contributed by atoms with E-state index in [9.17, 15) is 4.39 Å². The third kappa shape index (κ3) is 5.95. The van der Waals surface area contributed by atoms with E-state index >= 15 is 0 Å². The fraction of sp³-hybridized carbons (Fsp3) is 0.500. The number of nitrogens with two attached hydrogens (primary N) is 1. The van der Waals surface area contributed by atoms with Crippen molar-refractivity contribution in [2.75, 3.05) is 6.61 Å². The maximum absolute atomic E-state index is 13.6. The number of nitrogens with one attached hydrogen (secondary N) is 1. The molecule has 1 aromatic heterocycles. The smallest absolute Gasteiger partial charge is 0.140 e. The Bertz CT molecular complexity index is 704. The van der Waals surface area contributed by atoms with Crippen LogP contribution in [0.4, 0.5) is 4.39 Å². The Balaban J connectivity index is 2.02. The lowest BCUT2D eigenvalue weighted by molar-refractivity contribution is 0.120. The highest BCUT2D eigenvalue weighted by molar-refractivity contribution is 5.82. The van der Waals surface area contributed by atoms with Gasteiger partial charge in [0.15, 0.2) is 0 Å². The highest BCUT2D eigenvalue weighted by atomic mass is 19.1. The molecule has 0 amide bonds. The second kappa shape index (κ2) is 8.94. The molecule has 142 valence electrons. The fourth-order valence-corrected chi connectivity index (χ4v) is 2.60. The number of halogens is 1. The van der Waals surface area contributed by atoms with Gasteiger partial charge in [0, 0.05) is 17.5 Å². The lowest BCUT2D eigenvalue weighted by Crippen LogP contribution is -2.29. The highest BCUT2D eigenvalue weighted by Crippen LogP contribution is 2.20. The molecule has 1 unspecified atom stereocenters. The van der Waals surface area contributed by atoms with E-state index in [1.54, 1.807) is 6.20 Å². The second-order valence-corrected chi connectivity index (χ2v) is 7.13. The predicted octanol–water partition coefficient (Wildman–Crippen LogP) is 3.59. The molecule has 0 bridgehead atoms. The van der Waals surface area contributed by atoms with E-state index in [4.69, 9.17) is 10.5 Å². The maximum atomic E-state index is 13.6. The summed E-state index contributed by atoms with van der Waals surface area (Å²) in [5.74, 6) is 0.597. The van der Waals surface area contributed by atoms with Crippen molar-refractivity contribution in [3.05, 3.63) is 47.1 Å². The van der Waals surface area contributed by atoms with Gasteiger partial charge in [-0.2, -0.15) is 0 Å². The zero-order valence-electron chi connectivity index (χ0n) is 16.1. The minimum Gasteiger partial charge on any atom is -0.488 e. The van der Waals surface area contributed by atoms with Crippen LogP contribution in [0.3, 0.4) is 0 Å². The minimum absolute atomic E-state index is 0.000213. The van der Waals surface area contributed by atoms with Crippen LogP contribution < -0.4 is 15.8 Å². The van der Waals surface area contributed by atoms with E-state index in [2.05, 4.69) is 22.2 Å². The zero-order valence-corrected chi connectivity index (χ0v) is 16.1. The van der Waals surface area contributed by atoms with E-state index in [0.29, 0.717) is 12.3 Å². The van der Waals surface area contributed by atoms with Gasteiger partial charge >= 0.3 is 0 Å². The molecule has 3 N–H and O–H groups in total. The van der Waals surface area contributed by atoms with E-state index in [0.717, 1.165) is 35.4 Å². The summed E-state index contributed by atoms with van der Waals surface area (Å²) < 4.78 is 19.1. The standard InChI is InChI=1S/C20H29FN4O/c1-5-6-18-16(17(22)7-8-24-18)11-23-10-15-9-14(2)19(12-25-15)26-13-20(3,4)21/h7-9,11-12,17,24H,5-6,10,13,22H2,1-4H3. The van der Waals surface area contributed by atoms with Crippen molar-refractivity contribution in [1.82, 2.24) is 10.3 Å². The van der Waals surface area contributed by atoms with Gasteiger partial charge in [-0.15, -0.1) is 0 Å². The van der Waals surface area contributed by atoms with Crippen LogP contribution in [0.15, 0.2) is 40.8 Å². The first-order chi connectivity index (χ1) is 12.3. The number of rotatable bonds is 8. The van der Waals surface area contributed by atoms with Gasteiger partial charge in [-0.25, -0.2) is 4.39 Å². The third-order valence-corrected chi connectivity index (χ3v) is 3.94. The van der Waals surface area contributed by atoms with E-state index in [1.807, 2.05) is 31.5 Å². The third-order valence-electron chi connectivity index (χ3n) is 3.94. The average molecular weight is 360 g/mol. The Morgan fingerprint density at radius 2 is 2.23 bits per heavy atom. The van der Waals surface area contributed by atoms with Gasteiger partial charge in [0.1, 0.15) is 18.0 Å². The van der Waals surface area contributed by atoms with E-state index in [-0.39, 0.29) is 12.6 Å². The van der Waals surface area contributed by atoms with Gasteiger partial charge in [-0.05, 0) is 51.1 Å². The quantitative estimate of drug-likeness (QED) is 0.695. The van der Waals surface area contributed by atoms with Crippen LogP contribution in [0, 0.1) is 6.92 Å². The summed E-state index contributed by atoms with van der Waals surface area (Å²) in [7, 11) is 0. The van der Waals surface area contributed by atoms with Crippen molar-refractivity contribution in [1.29, 1.82) is 0 Å². The number of dihydropyridines is 1. The summed E-state index contributed by atoms with van der Waals surface area (Å²) in [5.41, 5.74) is 8.65. The van der Waals surface area contributed by atoms with Gasteiger partial charge in [0.25, 0.3) is 0 Å². The molecule has 0 aromatic carbocycles. The van der Waals surface area contributed by atoms with Crippen LogP contribution in [0.25, 0.3) is 0 Å². The molecule has 0 saturated heterocycles. The highest BCUT2D eigenvalue weighted by Gasteiger charge is 2.17. The largest absolute Gasteiger partial charge is 0.488 e. The molecule has 0 spiro atoms. The molecule has 1 aliphatic heterocycles. The Labute approximate surface area is 155 Å². The molecule has 2 heterocycles. The predicted molar refractivity (Wildman–Crippen MR) is 104 cm³/mol. The molecular formula is C20H29FN4O. The van der Waals surface area contributed by atoms with E-state index < -0.39 is 5.67 Å². The summed E-state index contributed by atoms with van der Waals surface area (Å²) >= 11 is 0. The van der Waals surface area contributed by atoms with Crippen molar-refractivity contribution in [3.63, 3.8) is 0 Å². The Hall–Kier alpha value is -2.21. The van der Waals surface area contributed by atoms with Crippen LogP contribution >= 0.6 is 0 Å². The molecule has 1 aromatic rings. The van der Waals surface area contributed by atoms with E-state index in [1.165, 1.54) is 13.8 Å². The molecule has 1 atom stereocenters. The first-order valence-electron chi connectivity index (χ1n) is 8.99. The SMILES string of the molecule is CCCC1=C(C=NCc2cc(C)c(OCC(C)(C)F)cn2)C(N)C=CN1. The topological polar surface area (TPSA) is 72.5 Å². The molecule has 2 rings (SSSR count). The monoisotopic (exact) mass is 360 g/mol. The van der Waals surface area contributed by atoms with Crippen molar-refractivity contribution < 1.29 is 9.13 Å². The number of aryl methyl sites for hydroxylation is 1. The number of ether oxygens (including phenoxy) is 1. The Morgan fingerprint density at radius 3 is 2.88 bits per heavy atom. The second-order valence-electron chi connectivity index (χ2n) is 7.13. The summed E-state index contributed by atoms with van der Waals surface area (Å²) in [6, 6.07) is 1.77. The van der Waals surface area contributed by atoms with Crippen LogP contribution in [-0.4, -0.2) is 29.5 Å². The number of aliphatic imine (C=N–C) groups is 1. The molecule has 6 heteroatoms. The molecule has 26 heavy (non-hydrogen) atoms. The van der Waals surface area contributed by atoms with Crippen molar-refractivity contribution in [3.8, 4) is 5.75 Å². The molecular weight excluding hydrogens is 331 g/mol. The number of nitrogens with zero attached hydrogens (tertiary/aromatic N) is 2. The number of aromatic nitrogens is 1. The number of hydrogen-bond acceptors (Lipinski definition) is 5. The van der Waals surface area contributed by atoms with Gasteiger partial charge in [0.2, 0.25) is 0 Å². The summed E-state index contributed by atoms with van der Waals surface area (Å²) in [5, 5.41) is 3.26. The van der Waals surface area contributed by atoms with Crippen molar-refractivity contribution in [2.45, 2.75) is 58.8 Å². The fourth-order valence-electron chi connectivity index (χ4n) is 2.60. The van der Waals surface area contributed by atoms with Crippen LogP contribution in [0.1, 0.15) is 44.9 Å². The normalized spacial score (nSPS) is 17.7. The summed E-state index contributed by atoms with van der Waals surface area (Å²) in [6.07, 6.45) is 9.24. The Morgan fingerprint density at radius 1 is 1.46 bits per heavy atom. The number of allylic oxidation sites excluding steroid dienone is 1. The van der Waals surface area contributed by atoms with Crippen LogP contribution in [0.5, 0.6) is 5.75 Å². The molecule has 5 nitrogen and oxygen atoms in total. The van der Waals surface area contributed by atoms with Crippen molar-refractivity contribution >= 4 is 6.21 Å². The number of hydrogen-bond donors (Lipinski definition) is 2. The van der Waals surface area contributed by atoms with Gasteiger partial charge in [0.05, 0.1) is 24.5 Å².